The number of fused-ring (bicyclic) bond motifs is 1. The molecule has 0 bridgehead atoms. The molecule has 5 nitrogen and oxygen atoms in total. The van der Waals surface area contributed by atoms with E-state index in [0.717, 1.165) is 0 Å². The highest BCUT2D eigenvalue weighted by molar-refractivity contribution is 5.80. The summed E-state index contributed by atoms with van der Waals surface area (Å²) >= 11 is 0. The third-order valence-corrected chi connectivity index (χ3v) is 3.16. The SMILES string of the molecule is Cc1cc(Oc2cc3nccc(C(O)O)c3[nH]2)ccc1F. The summed E-state index contributed by atoms with van der Waals surface area (Å²) in [6.07, 6.45) is -0.119. The third-order valence-electron chi connectivity index (χ3n) is 3.16. The van der Waals surface area contributed by atoms with Crippen molar-refractivity contribution in [3.05, 3.63) is 53.5 Å². The van der Waals surface area contributed by atoms with Crippen LogP contribution in [0.5, 0.6) is 11.6 Å². The topological polar surface area (TPSA) is 78.4 Å². The maximum atomic E-state index is 13.2. The lowest BCUT2D eigenvalue weighted by Gasteiger charge is -2.05. The molecule has 3 N–H and O–H groups in total. The Hall–Kier alpha value is -2.44. The minimum atomic E-state index is -1.60. The lowest BCUT2D eigenvalue weighted by molar-refractivity contribution is -0.0414. The number of aromatic amines is 1. The number of hydrogen-bond acceptors (Lipinski definition) is 4. The van der Waals surface area contributed by atoms with Crippen LogP contribution in [-0.4, -0.2) is 20.2 Å². The first-order valence-electron chi connectivity index (χ1n) is 6.32. The summed E-state index contributed by atoms with van der Waals surface area (Å²) in [7, 11) is 0. The number of aliphatic hydroxyl groups excluding tert-OH is 1. The van der Waals surface area contributed by atoms with Crippen LogP contribution in [0.3, 0.4) is 0 Å². The van der Waals surface area contributed by atoms with Crippen LogP contribution in [0.4, 0.5) is 4.39 Å². The van der Waals surface area contributed by atoms with Crippen LogP contribution in [0, 0.1) is 12.7 Å². The molecule has 1 aromatic carbocycles. The number of nitrogens with one attached hydrogen (secondary N) is 1. The molecule has 3 rings (SSSR count). The molecular formula is C15H13FN2O3. The largest absolute Gasteiger partial charge is 0.441 e. The zero-order valence-corrected chi connectivity index (χ0v) is 11.2. The number of aryl methyl sites for hydroxylation is 1. The van der Waals surface area contributed by atoms with Crippen LogP contribution in [0.1, 0.15) is 17.4 Å². The monoisotopic (exact) mass is 288 g/mol. The summed E-state index contributed by atoms with van der Waals surface area (Å²) in [5, 5.41) is 18.6. The minimum absolute atomic E-state index is 0.300. The molecule has 0 aliphatic rings. The fourth-order valence-corrected chi connectivity index (χ4v) is 2.10. The molecule has 0 atom stereocenters. The minimum Gasteiger partial charge on any atom is -0.441 e. The zero-order chi connectivity index (χ0) is 15.0. The van der Waals surface area contributed by atoms with Crippen molar-refractivity contribution in [1.82, 2.24) is 9.97 Å². The van der Waals surface area contributed by atoms with Gasteiger partial charge in [-0.05, 0) is 36.8 Å². The van der Waals surface area contributed by atoms with E-state index in [0.29, 0.717) is 33.8 Å². The Morgan fingerprint density at radius 3 is 2.76 bits per heavy atom. The van der Waals surface area contributed by atoms with E-state index in [-0.39, 0.29) is 5.82 Å². The van der Waals surface area contributed by atoms with E-state index >= 15 is 0 Å². The molecule has 6 heteroatoms. The summed E-state index contributed by atoms with van der Waals surface area (Å²) in [6, 6.07) is 7.57. The Kier molecular flexibility index (Phi) is 3.32. The summed E-state index contributed by atoms with van der Waals surface area (Å²) in [4.78, 5) is 7.05. The first-order chi connectivity index (χ1) is 10.0. The molecule has 0 spiro atoms. The van der Waals surface area contributed by atoms with E-state index in [9.17, 15) is 14.6 Å². The van der Waals surface area contributed by atoms with Gasteiger partial charge in [0.1, 0.15) is 11.6 Å². The molecule has 0 saturated heterocycles. The van der Waals surface area contributed by atoms with Crippen LogP contribution in [0.25, 0.3) is 11.0 Å². The van der Waals surface area contributed by atoms with Crippen molar-refractivity contribution in [3.63, 3.8) is 0 Å². The molecule has 0 aliphatic carbocycles. The highest BCUT2D eigenvalue weighted by Crippen LogP contribution is 2.28. The molecule has 0 radical (unpaired) electrons. The maximum Gasteiger partial charge on any atom is 0.200 e. The van der Waals surface area contributed by atoms with Crippen LogP contribution >= 0.6 is 0 Å². The van der Waals surface area contributed by atoms with Crippen molar-refractivity contribution >= 4 is 11.0 Å². The van der Waals surface area contributed by atoms with Crippen molar-refractivity contribution in [2.45, 2.75) is 13.2 Å². The second kappa shape index (κ2) is 5.16. The van der Waals surface area contributed by atoms with Gasteiger partial charge in [0.2, 0.25) is 0 Å². The van der Waals surface area contributed by atoms with E-state index in [1.807, 2.05) is 0 Å². The van der Waals surface area contributed by atoms with Gasteiger partial charge in [0.05, 0.1) is 11.0 Å². The van der Waals surface area contributed by atoms with E-state index in [1.54, 1.807) is 19.1 Å². The van der Waals surface area contributed by atoms with Crippen molar-refractivity contribution < 1.29 is 19.3 Å². The second-order valence-electron chi connectivity index (χ2n) is 4.68. The predicted molar refractivity (Wildman–Crippen MR) is 74.5 cm³/mol. The van der Waals surface area contributed by atoms with Gasteiger partial charge in [-0.3, -0.25) is 4.98 Å². The average molecular weight is 288 g/mol. The fraction of sp³-hybridized carbons (Fsp3) is 0.133. The van der Waals surface area contributed by atoms with Gasteiger partial charge in [-0.2, -0.15) is 0 Å². The van der Waals surface area contributed by atoms with Gasteiger partial charge in [0, 0.05) is 17.8 Å². The number of aromatic nitrogens is 2. The predicted octanol–water partition coefficient (Wildman–Crippen LogP) is 2.79. The molecule has 21 heavy (non-hydrogen) atoms. The van der Waals surface area contributed by atoms with Gasteiger partial charge < -0.3 is 19.9 Å². The smallest absolute Gasteiger partial charge is 0.200 e. The van der Waals surface area contributed by atoms with Gasteiger partial charge in [-0.25, -0.2) is 4.39 Å². The van der Waals surface area contributed by atoms with Crippen molar-refractivity contribution in [2.75, 3.05) is 0 Å². The molecule has 2 heterocycles. The van der Waals surface area contributed by atoms with Crippen LogP contribution < -0.4 is 4.74 Å². The van der Waals surface area contributed by atoms with Gasteiger partial charge in [0.15, 0.2) is 12.2 Å². The van der Waals surface area contributed by atoms with E-state index in [1.165, 1.54) is 24.4 Å². The summed E-state index contributed by atoms with van der Waals surface area (Å²) in [5.74, 6) is 0.564. The van der Waals surface area contributed by atoms with Crippen molar-refractivity contribution in [2.24, 2.45) is 0 Å². The number of rotatable bonds is 3. The Morgan fingerprint density at radius 1 is 1.24 bits per heavy atom. The second-order valence-corrected chi connectivity index (χ2v) is 4.68. The number of pyridine rings is 1. The van der Waals surface area contributed by atoms with Gasteiger partial charge >= 0.3 is 0 Å². The van der Waals surface area contributed by atoms with Gasteiger partial charge in [-0.1, -0.05) is 0 Å². The summed E-state index contributed by atoms with van der Waals surface area (Å²) in [5.41, 5.74) is 1.83. The van der Waals surface area contributed by atoms with E-state index < -0.39 is 6.29 Å². The van der Waals surface area contributed by atoms with Crippen molar-refractivity contribution in [3.8, 4) is 11.6 Å². The number of aliphatic hydroxyl groups is 2. The fourth-order valence-electron chi connectivity index (χ4n) is 2.10. The van der Waals surface area contributed by atoms with Crippen molar-refractivity contribution in [1.29, 1.82) is 0 Å². The quantitative estimate of drug-likeness (QED) is 0.648. The van der Waals surface area contributed by atoms with E-state index in [2.05, 4.69) is 9.97 Å². The normalized spacial score (nSPS) is 11.3. The number of nitrogens with zero attached hydrogens (tertiary/aromatic N) is 1. The lowest BCUT2D eigenvalue weighted by atomic mass is 10.2. The average Bonchev–Trinajstić information content (AvgIpc) is 2.84. The molecule has 0 unspecified atom stereocenters. The highest BCUT2D eigenvalue weighted by atomic mass is 19.1. The van der Waals surface area contributed by atoms with Crippen LogP contribution in [-0.2, 0) is 0 Å². The molecule has 0 aliphatic heterocycles. The maximum absolute atomic E-state index is 13.2. The van der Waals surface area contributed by atoms with Gasteiger partial charge in [-0.15, -0.1) is 0 Å². The molecule has 3 aromatic rings. The number of H-pyrrole nitrogens is 1. The molecule has 0 saturated carbocycles. The Bertz CT molecular complexity index is 799. The lowest BCUT2D eigenvalue weighted by Crippen LogP contribution is -1.96. The van der Waals surface area contributed by atoms with Crippen LogP contribution in [0.15, 0.2) is 36.5 Å². The first kappa shape index (κ1) is 13.5. The first-order valence-corrected chi connectivity index (χ1v) is 6.32. The number of ether oxygens (including phenoxy) is 1. The number of hydrogen-bond donors (Lipinski definition) is 3. The zero-order valence-electron chi connectivity index (χ0n) is 11.2. The molecule has 2 aromatic heterocycles. The van der Waals surface area contributed by atoms with E-state index in [4.69, 9.17) is 4.74 Å². The Labute approximate surface area is 119 Å². The molecule has 0 fully saturated rings. The molecule has 0 amide bonds. The standard InChI is InChI=1S/C15H13FN2O3/c1-8-6-9(2-3-11(8)16)21-13-7-12-14(18-13)10(15(19)20)4-5-17-12/h2-7,15,18-20H,1H3. The Balaban J connectivity index is 1.97. The molecular weight excluding hydrogens is 275 g/mol. The summed E-state index contributed by atoms with van der Waals surface area (Å²) < 4.78 is 18.8. The third kappa shape index (κ3) is 2.58. The highest BCUT2D eigenvalue weighted by Gasteiger charge is 2.12. The Morgan fingerprint density at radius 2 is 2.05 bits per heavy atom. The molecule has 108 valence electrons. The number of benzene rings is 1. The summed E-state index contributed by atoms with van der Waals surface area (Å²) in [6.45, 7) is 1.65. The van der Waals surface area contributed by atoms with Crippen LogP contribution in [0.2, 0.25) is 0 Å². The number of halogens is 1. The van der Waals surface area contributed by atoms with Gasteiger partial charge in [0.25, 0.3) is 0 Å².